The van der Waals surface area contributed by atoms with E-state index < -0.39 is 5.97 Å². The summed E-state index contributed by atoms with van der Waals surface area (Å²) in [6.07, 6.45) is 0. The first-order chi connectivity index (χ1) is 11.6. The van der Waals surface area contributed by atoms with Crippen molar-refractivity contribution in [3.8, 4) is 17.2 Å². The lowest BCUT2D eigenvalue weighted by Gasteiger charge is -2.07. The van der Waals surface area contributed by atoms with Gasteiger partial charge in [-0.05, 0) is 36.4 Å². The van der Waals surface area contributed by atoms with Crippen LogP contribution in [-0.2, 0) is 4.84 Å². The number of benzene rings is 2. The van der Waals surface area contributed by atoms with Crippen LogP contribution >= 0.6 is 0 Å². The molecule has 2 rings (SSSR count). The van der Waals surface area contributed by atoms with Gasteiger partial charge in [0.25, 0.3) is 0 Å². The summed E-state index contributed by atoms with van der Waals surface area (Å²) in [5.74, 6) is 1.01. The summed E-state index contributed by atoms with van der Waals surface area (Å²) in [6.45, 7) is 0. The Morgan fingerprint density at radius 2 is 1.38 bits per heavy atom. The third-order valence-corrected chi connectivity index (χ3v) is 3.20. The average molecular weight is 330 g/mol. The molecule has 0 radical (unpaired) electrons. The molecule has 7 nitrogen and oxygen atoms in total. The zero-order valence-electron chi connectivity index (χ0n) is 13.6. The van der Waals surface area contributed by atoms with Crippen molar-refractivity contribution < 1.29 is 23.8 Å². The molecule has 0 aromatic heterocycles. The summed E-state index contributed by atoms with van der Waals surface area (Å²) in [6, 6.07) is 11.6. The highest BCUT2D eigenvalue weighted by Crippen LogP contribution is 2.23. The molecule has 0 spiro atoms. The number of hydrogen-bond donors (Lipinski definition) is 1. The number of amidine groups is 1. The fraction of sp³-hybridized carbons (Fsp3) is 0.176. The summed E-state index contributed by atoms with van der Waals surface area (Å²) in [4.78, 5) is 17.0. The maximum Gasteiger partial charge on any atom is 0.366 e. The third-order valence-electron chi connectivity index (χ3n) is 3.20. The van der Waals surface area contributed by atoms with E-state index in [9.17, 15) is 4.79 Å². The Hall–Kier alpha value is -3.22. The summed E-state index contributed by atoms with van der Waals surface area (Å²) in [7, 11) is 4.55. The van der Waals surface area contributed by atoms with E-state index in [1.54, 1.807) is 37.4 Å². The van der Waals surface area contributed by atoms with Crippen molar-refractivity contribution in [1.82, 2.24) is 0 Å². The summed E-state index contributed by atoms with van der Waals surface area (Å²) in [5.41, 5.74) is 6.64. The Morgan fingerprint density at radius 3 is 1.88 bits per heavy atom. The molecule has 2 aromatic rings. The second kappa shape index (κ2) is 7.87. The topological polar surface area (TPSA) is 92.4 Å². The zero-order valence-corrected chi connectivity index (χ0v) is 13.6. The van der Waals surface area contributed by atoms with E-state index in [2.05, 4.69) is 5.16 Å². The molecule has 7 heteroatoms. The number of rotatable bonds is 6. The molecule has 24 heavy (non-hydrogen) atoms. The lowest BCUT2D eigenvalue weighted by Crippen LogP contribution is -2.15. The van der Waals surface area contributed by atoms with Crippen LogP contribution in [0.5, 0.6) is 17.2 Å². The molecule has 0 amide bonds. The molecule has 0 fully saturated rings. The number of nitrogens with zero attached hydrogens (tertiary/aromatic N) is 1. The lowest BCUT2D eigenvalue weighted by molar-refractivity contribution is 0.0515. The maximum atomic E-state index is 12.1. The molecule has 126 valence electrons. The smallest absolute Gasteiger partial charge is 0.366 e. The normalized spacial score (nSPS) is 10.9. The van der Waals surface area contributed by atoms with Crippen LogP contribution in [0.3, 0.4) is 0 Å². The standard InChI is InChI=1S/C17H18N2O5/c1-21-13-6-4-11(5-7-13)16(18)19-24-17(20)12-8-14(22-2)10-15(9-12)23-3/h4-10H,1-3H3,(H2,18,19). The average Bonchev–Trinajstić information content (AvgIpc) is 2.65. The van der Waals surface area contributed by atoms with E-state index in [0.29, 0.717) is 22.8 Å². The lowest BCUT2D eigenvalue weighted by atomic mass is 10.2. The number of methoxy groups -OCH3 is 3. The second-order valence-electron chi connectivity index (χ2n) is 4.69. The van der Waals surface area contributed by atoms with E-state index in [4.69, 9.17) is 24.8 Å². The van der Waals surface area contributed by atoms with Gasteiger partial charge in [0.2, 0.25) is 0 Å². The number of ether oxygens (including phenoxy) is 3. The Balaban J connectivity index is 2.13. The molecule has 0 aliphatic heterocycles. The molecule has 0 heterocycles. The Bertz CT molecular complexity index is 719. The molecule has 0 aliphatic rings. The van der Waals surface area contributed by atoms with Crippen molar-refractivity contribution >= 4 is 11.8 Å². The second-order valence-corrected chi connectivity index (χ2v) is 4.69. The van der Waals surface area contributed by atoms with Crippen molar-refractivity contribution in [2.24, 2.45) is 10.9 Å². The molecular weight excluding hydrogens is 312 g/mol. The van der Waals surface area contributed by atoms with E-state index in [1.165, 1.54) is 26.4 Å². The highest BCUT2D eigenvalue weighted by Gasteiger charge is 2.12. The van der Waals surface area contributed by atoms with Gasteiger partial charge in [-0.1, -0.05) is 5.16 Å². The molecule has 0 saturated carbocycles. The first-order valence-corrected chi connectivity index (χ1v) is 6.99. The molecule has 0 unspecified atom stereocenters. The predicted molar refractivity (Wildman–Crippen MR) is 88.7 cm³/mol. The quantitative estimate of drug-likeness (QED) is 0.378. The van der Waals surface area contributed by atoms with Crippen LogP contribution in [0, 0.1) is 0 Å². The Morgan fingerprint density at radius 1 is 0.833 bits per heavy atom. The number of hydrogen-bond acceptors (Lipinski definition) is 6. The van der Waals surface area contributed by atoms with Crippen molar-refractivity contribution in [3.63, 3.8) is 0 Å². The van der Waals surface area contributed by atoms with Crippen LogP contribution in [0.4, 0.5) is 0 Å². The Kier molecular flexibility index (Phi) is 5.62. The van der Waals surface area contributed by atoms with Crippen molar-refractivity contribution in [1.29, 1.82) is 0 Å². The van der Waals surface area contributed by atoms with Crippen molar-refractivity contribution in [2.75, 3.05) is 21.3 Å². The van der Waals surface area contributed by atoms with Gasteiger partial charge in [-0.2, -0.15) is 0 Å². The minimum Gasteiger partial charge on any atom is -0.497 e. The minimum absolute atomic E-state index is 0.0702. The molecule has 0 aliphatic carbocycles. The maximum absolute atomic E-state index is 12.1. The largest absolute Gasteiger partial charge is 0.497 e. The van der Waals surface area contributed by atoms with Gasteiger partial charge < -0.3 is 24.8 Å². The number of oxime groups is 1. The van der Waals surface area contributed by atoms with Crippen LogP contribution in [0.2, 0.25) is 0 Å². The molecule has 2 aromatic carbocycles. The van der Waals surface area contributed by atoms with Gasteiger partial charge >= 0.3 is 5.97 Å². The van der Waals surface area contributed by atoms with E-state index in [0.717, 1.165) is 0 Å². The minimum atomic E-state index is -0.677. The third kappa shape index (κ3) is 4.16. The fourth-order valence-electron chi connectivity index (χ4n) is 1.88. The van der Waals surface area contributed by atoms with E-state index in [-0.39, 0.29) is 11.4 Å². The van der Waals surface area contributed by atoms with Gasteiger partial charge in [-0.3, -0.25) is 0 Å². The Labute approximate surface area is 139 Å². The summed E-state index contributed by atoms with van der Waals surface area (Å²) in [5, 5.41) is 3.66. The van der Waals surface area contributed by atoms with Crippen molar-refractivity contribution in [2.45, 2.75) is 0 Å². The highest BCUT2D eigenvalue weighted by molar-refractivity contribution is 5.98. The predicted octanol–water partition coefficient (Wildman–Crippen LogP) is 2.19. The van der Waals surface area contributed by atoms with Crippen LogP contribution in [0.25, 0.3) is 0 Å². The van der Waals surface area contributed by atoms with Crippen LogP contribution < -0.4 is 19.9 Å². The van der Waals surface area contributed by atoms with Gasteiger partial charge in [0, 0.05) is 11.6 Å². The van der Waals surface area contributed by atoms with Gasteiger partial charge in [0.15, 0.2) is 5.84 Å². The molecule has 2 N–H and O–H groups in total. The van der Waals surface area contributed by atoms with Gasteiger partial charge in [0.1, 0.15) is 17.2 Å². The molecular formula is C17H18N2O5. The number of carbonyl (C=O) groups is 1. The summed E-state index contributed by atoms with van der Waals surface area (Å²) < 4.78 is 15.3. The SMILES string of the molecule is COc1ccc(/C(N)=N/OC(=O)c2cc(OC)cc(OC)c2)cc1. The first kappa shape index (κ1) is 17.1. The zero-order chi connectivity index (χ0) is 17.5. The fourth-order valence-corrected chi connectivity index (χ4v) is 1.88. The van der Waals surface area contributed by atoms with Crippen LogP contribution in [-0.4, -0.2) is 33.1 Å². The van der Waals surface area contributed by atoms with Gasteiger partial charge in [-0.15, -0.1) is 0 Å². The highest BCUT2D eigenvalue weighted by atomic mass is 16.7. The van der Waals surface area contributed by atoms with E-state index in [1.807, 2.05) is 0 Å². The van der Waals surface area contributed by atoms with Gasteiger partial charge in [-0.25, -0.2) is 4.79 Å². The number of carbonyl (C=O) groups excluding carboxylic acids is 1. The summed E-state index contributed by atoms with van der Waals surface area (Å²) >= 11 is 0. The van der Waals surface area contributed by atoms with Crippen LogP contribution in [0.15, 0.2) is 47.6 Å². The van der Waals surface area contributed by atoms with Crippen molar-refractivity contribution in [3.05, 3.63) is 53.6 Å². The first-order valence-electron chi connectivity index (χ1n) is 6.99. The number of nitrogens with two attached hydrogens (primary N) is 1. The monoisotopic (exact) mass is 330 g/mol. The van der Waals surface area contributed by atoms with Crippen LogP contribution in [0.1, 0.15) is 15.9 Å². The molecule has 0 saturated heterocycles. The molecule has 0 bridgehead atoms. The molecule has 0 atom stereocenters. The van der Waals surface area contributed by atoms with Gasteiger partial charge in [0.05, 0.1) is 26.9 Å². The van der Waals surface area contributed by atoms with E-state index >= 15 is 0 Å².